The van der Waals surface area contributed by atoms with Gasteiger partial charge in [0.25, 0.3) is 0 Å². The van der Waals surface area contributed by atoms with Gasteiger partial charge in [0, 0.05) is 19.5 Å². The number of aliphatic hydroxyl groups excluding tert-OH is 1. The predicted molar refractivity (Wildman–Crippen MR) is 66.7 cm³/mol. The Morgan fingerprint density at radius 2 is 2.22 bits per heavy atom. The number of carbonyl (C=O) groups excluding carboxylic acids is 2. The van der Waals surface area contributed by atoms with E-state index in [-0.39, 0.29) is 24.3 Å². The molecule has 1 heterocycles. The van der Waals surface area contributed by atoms with Gasteiger partial charge in [-0.05, 0) is 32.6 Å². The Hall–Kier alpha value is -1.10. The Morgan fingerprint density at radius 3 is 2.67 bits per heavy atom. The second-order valence-corrected chi connectivity index (χ2v) is 5.67. The Balaban J connectivity index is 1.94. The minimum Gasteiger partial charge on any atom is -0.394 e. The lowest BCUT2D eigenvalue weighted by atomic mass is 9.95. The molecule has 2 unspecified atom stereocenters. The Kier molecular flexibility index (Phi) is 3.61. The largest absolute Gasteiger partial charge is 0.394 e. The lowest BCUT2D eigenvalue weighted by Gasteiger charge is -2.30. The van der Waals surface area contributed by atoms with Gasteiger partial charge in [0.2, 0.25) is 11.8 Å². The zero-order valence-corrected chi connectivity index (χ0v) is 11.1. The quantitative estimate of drug-likeness (QED) is 0.733. The van der Waals surface area contributed by atoms with E-state index in [1.54, 1.807) is 4.90 Å². The number of hydrogen-bond donors (Lipinski definition) is 2. The molecule has 1 saturated heterocycles. The first kappa shape index (κ1) is 13.3. The van der Waals surface area contributed by atoms with E-state index in [1.165, 1.54) is 0 Å². The van der Waals surface area contributed by atoms with Crippen LogP contribution in [0.5, 0.6) is 0 Å². The van der Waals surface area contributed by atoms with Crippen molar-refractivity contribution in [1.82, 2.24) is 10.2 Å². The average Bonchev–Trinajstić information content (AvgIpc) is 3.13. The second kappa shape index (κ2) is 4.88. The predicted octanol–water partition coefficient (Wildman–Crippen LogP) is 0.132. The second-order valence-electron chi connectivity index (χ2n) is 5.67. The first-order chi connectivity index (χ1) is 8.50. The standard InChI is InChI=1S/C13H22N2O3/c1-3-15-7-9(6-11(15)17)12(18)14-13(2,8-16)10-4-5-10/h9-10,16H,3-8H2,1-2H3,(H,14,18). The van der Waals surface area contributed by atoms with E-state index in [1.807, 2.05) is 13.8 Å². The van der Waals surface area contributed by atoms with Crippen molar-refractivity contribution in [3.8, 4) is 0 Å². The molecule has 2 fully saturated rings. The van der Waals surface area contributed by atoms with Crippen molar-refractivity contribution in [3.05, 3.63) is 0 Å². The normalized spacial score (nSPS) is 27.2. The number of aliphatic hydroxyl groups is 1. The smallest absolute Gasteiger partial charge is 0.225 e. The molecule has 1 saturated carbocycles. The van der Waals surface area contributed by atoms with Gasteiger partial charge in [-0.3, -0.25) is 9.59 Å². The summed E-state index contributed by atoms with van der Waals surface area (Å²) in [6.07, 6.45) is 2.41. The maximum absolute atomic E-state index is 12.2. The van der Waals surface area contributed by atoms with Crippen LogP contribution < -0.4 is 5.32 Å². The molecule has 5 heteroatoms. The van der Waals surface area contributed by atoms with Crippen LogP contribution in [-0.2, 0) is 9.59 Å². The van der Waals surface area contributed by atoms with E-state index in [0.717, 1.165) is 12.8 Å². The Bertz CT molecular complexity index is 354. The number of nitrogens with zero attached hydrogens (tertiary/aromatic N) is 1. The number of rotatable bonds is 5. The minimum absolute atomic E-state index is 0.0401. The fourth-order valence-electron chi connectivity index (χ4n) is 2.63. The van der Waals surface area contributed by atoms with Crippen molar-refractivity contribution in [3.63, 3.8) is 0 Å². The van der Waals surface area contributed by atoms with Crippen LogP contribution >= 0.6 is 0 Å². The third-order valence-corrected chi connectivity index (χ3v) is 4.18. The molecule has 18 heavy (non-hydrogen) atoms. The highest BCUT2D eigenvalue weighted by atomic mass is 16.3. The molecular formula is C13H22N2O3. The summed E-state index contributed by atoms with van der Waals surface area (Å²) in [7, 11) is 0. The zero-order chi connectivity index (χ0) is 13.3. The van der Waals surface area contributed by atoms with Crippen molar-refractivity contribution < 1.29 is 14.7 Å². The number of likely N-dealkylation sites (tertiary alicyclic amines) is 1. The van der Waals surface area contributed by atoms with E-state index in [9.17, 15) is 14.7 Å². The highest BCUT2D eigenvalue weighted by Gasteiger charge is 2.44. The van der Waals surface area contributed by atoms with Crippen LogP contribution in [0.2, 0.25) is 0 Å². The average molecular weight is 254 g/mol. The Labute approximate surface area is 108 Å². The molecule has 2 N–H and O–H groups in total. The molecule has 1 aliphatic carbocycles. The summed E-state index contributed by atoms with van der Waals surface area (Å²) in [5.74, 6) is 0.0745. The molecule has 1 aliphatic heterocycles. The van der Waals surface area contributed by atoms with Crippen LogP contribution in [0.25, 0.3) is 0 Å². The van der Waals surface area contributed by atoms with E-state index in [0.29, 0.717) is 25.4 Å². The van der Waals surface area contributed by atoms with Crippen LogP contribution in [0.15, 0.2) is 0 Å². The van der Waals surface area contributed by atoms with Crippen LogP contribution in [0.4, 0.5) is 0 Å². The molecule has 2 rings (SSSR count). The van der Waals surface area contributed by atoms with Gasteiger partial charge < -0.3 is 15.3 Å². The Morgan fingerprint density at radius 1 is 1.56 bits per heavy atom. The monoisotopic (exact) mass is 254 g/mol. The summed E-state index contributed by atoms with van der Waals surface area (Å²) >= 11 is 0. The molecule has 0 bridgehead atoms. The first-order valence-corrected chi connectivity index (χ1v) is 6.71. The SMILES string of the molecule is CCN1CC(C(=O)NC(C)(CO)C2CC2)CC1=O. The third kappa shape index (κ3) is 2.51. The molecule has 0 aromatic heterocycles. The van der Waals surface area contributed by atoms with Crippen LogP contribution in [0, 0.1) is 11.8 Å². The summed E-state index contributed by atoms with van der Waals surface area (Å²) in [5.41, 5.74) is -0.514. The van der Waals surface area contributed by atoms with E-state index in [2.05, 4.69) is 5.32 Å². The molecular weight excluding hydrogens is 232 g/mol. The van der Waals surface area contributed by atoms with Crippen molar-refractivity contribution in [1.29, 1.82) is 0 Å². The summed E-state index contributed by atoms with van der Waals surface area (Å²) in [6.45, 7) is 4.93. The first-order valence-electron chi connectivity index (χ1n) is 6.71. The summed E-state index contributed by atoms with van der Waals surface area (Å²) in [4.78, 5) is 25.5. The van der Waals surface area contributed by atoms with Crippen LogP contribution in [-0.4, -0.2) is 47.1 Å². The zero-order valence-electron chi connectivity index (χ0n) is 11.1. The topological polar surface area (TPSA) is 69.6 Å². The molecule has 0 aromatic rings. The lowest BCUT2D eigenvalue weighted by Crippen LogP contribution is -2.52. The van der Waals surface area contributed by atoms with Gasteiger partial charge in [0.15, 0.2) is 0 Å². The van der Waals surface area contributed by atoms with E-state index >= 15 is 0 Å². The minimum atomic E-state index is -0.514. The molecule has 5 nitrogen and oxygen atoms in total. The molecule has 0 aromatic carbocycles. The maximum Gasteiger partial charge on any atom is 0.225 e. The fourth-order valence-corrected chi connectivity index (χ4v) is 2.63. The fraction of sp³-hybridized carbons (Fsp3) is 0.846. The number of nitrogens with one attached hydrogen (secondary N) is 1. The summed E-state index contributed by atoms with van der Waals surface area (Å²) in [6, 6.07) is 0. The summed E-state index contributed by atoms with van der Waals surface area (Å²) in [5, 5.41) is 12.4. The summed E-state index contributed by atoms with van der Waals surface area (Å²) < 4.78 is 0. The number of amides is 2. The molecule has 0 radical (unpaired) electrons. The van der Waals surface area contributed by atoms with Crippen LogP contribution in [0.3, 0.4) is 0 Å². The van der Waals surface area contributed by atoms with E-state index < -0.39 is 5.54 Å². The number of hydrogen-bond acceptors (Lipinski definition) is 3. The molecule has 2 amide bonds. The highest BCUT2D eigenvalue weighted by molar-refractivity contribution is 5.89. The third-order valence-electron chi connectivity index (χ3n) is 4.18. The van der Waals surface area contributed by atoms with Crippen LogP contribution in [0.1, 0.15) is 33.1 Å². The van der Waals surface area contributed by atoms with Gasteiger partial charge in [0.05, 0.1) is 18.1 Å². The molecule has 102 valence electrons. The van der Waals surface area contributed by atoms with Gasteiger partial charge in [-0.1, -0.05) is 0 Å². The van der Waals surface area contributed by atoms with Crippen molar-refractivity contribution in [2.45, 2.75) is 38.6 Å². The molecule has 0 spiro atoms. The van der Waals surface area contributed by atoms with E-state index in [4.69, 9.17) is 0 Å². The van der Waals surface area contributed by atoms with Gasteiger partial charge in [-0.2, -0.15) is 0 Å². The lowest BCUT2D eigenvalue weighted by molar-refractivity contribution is -0.129. The molecule has 2 atom stereocenters. The number of carbonyl (C=O) groups is 2. The molecule has 2 aliphatic rings. The van der Waals surface area contributed by atoms with Crippen molar-refractivity contribution in [2.75, 3.05) is 19.7 Å². The highest BCUT2D eigenvalue weighted by Crippen LogP contribution is 2.39. The van der Waals surface area contributed by atoms with Crippen molar-refractivity contribution in [2.24, 2.45) is 11.8 Å². The van der Waals surface area contributed by atoms with Crippen molar-refractivity contribution >= 4 is 11.8 Å². The maximum atomic E-state index is 12.2. The van der Waals surface area contributed by atoms with Gasteiger partial charge in [-0.15, -0.1) is 0 Å². The van der Waals surface area contributed by atoms with Gasteiger partial charge in [-0.25, -0.2) is 0 Å². The van der Waals surface area contributed by atoms with Gasteiger partial charge in [0.1, 0.15) is 0 Å². The van der Waals surface area contributed by atoms with Gasteiger partial charge >= 0.3 is 0 Å².